The lowest BCUT2D eigenvalue weighted by Crippen LogP contribution is -2.39. The first-order valence-electron chi connectivity index (χ1n) is 7.30. The molecule has 0 heterocycles. The second-order valence-electron chi connectivity index (χ2n) is 5.75. The summed E-state index contributed by atoms with van der Waals surface area (Å²) in [6.45, 7) is 2.01. The Morgan fingerprint density at radius 2 is 1.94 bits per heavy atom. The predicted molar refractivity (Wildman–Crippen MR) is 77.1 cm³/mol. The molecule has 2 fully saturated rings. The van der Waals surface area contributed by atoms with Gasteiger partial charge in [-0.1, -0.05) is 0 Å². The van der Waals surface area contributed by atoms with Gasteiger partial charge in [-0.15, -0.1) is 0 Å². The Labute approximate surface area is 115 Å². The van der Waals surface area contributed by atoms with Crippen LogP contribution in [-0.2, 0) is 4.74 Å². The van der Waals surface area contributed by atoms with Crippen molar-refractivity contribution in [2.45, 2.75) is 55.9 Å². The van der Waals surface area contributed by atoms with E-state index in [1.54, 1.807) is 0 Å². The number of rotatable bonds is 8. The summed E-state index contributed by atoms with van der Waals surface area (Å²) < 4.78 is 5.50. The maximum absolute atomic E-state index is 9.82. The summed E-state index contributed by atoms with van der Waals surface area (Å²) in [4.78, 5) is 0. The molecule has 0 aliphatic heterocycles. The molecule has 0 bridgehead atoms. The van der Waals surface area contributed by atoms with Gasteiger partial charge in [0.2, 0.25) is 0 Å². The first-order chi connectivity index (χ1) is 8.78. The van der Waals surface area contributed by atoms with Crippen molar-refractivity contribution < 1.29 is 9.84 Å². The highest BCUT2D eigenvalue weighted by Gasteiger charge is 2.22. The molecule has 18 heavy (non-hydrogen) atoms. The normalized spacial score (nSPS) is 30.3. The van der Waals surface area contributed by atoms with Crippen LogP contribution in [0.1, 0.15) is 38.5 Å². The van der Waals surface area contributed by atoms with Crippen molar-refractivity contribution in [2.75, 3.05) is 26.0 Å². The van der Waals surface area contributed by atoms with Gasteiger partial charge in [0.05, 0.1) is 12.7 Å². The summed E-state index contributed by atoms with van der Waals surface area (Å²) in [6, 6.07) is 0.603. The van der Waals surface area contributed by atoms with Gasteiger partial charge in [-0.3, -0.25) is 0 Å². The second-order valence-corrected chi connectivity index (χ2v) is 6.89. The zero-order chi connectivity index (χ0) is 12.8. The molecule has 2 rings (SSSR count). The molecular weight excluding hydrogens is 246 g/mol. The molecule has 0 spiro atoms. The summed E-state index contributed by atoms with van der Waals surface area (Å²) in [6.07, 6.45) is 9.61. The van der Waals surface area contributed by atoms with Crippen LogP contribution in [0.2, 0.25) is 0 Å². The Morgan fingerprint density at radius 1 is 1.22 bits per heavy atom. The van der Waals surface area contributed by atoms with E-state index in [0.29, 0.717) is 19.2 Å². The Balaban J connectivity index is 1.48. The van der Waals surface area contributed by atoms with Crippen molar-refractivity contribution in [3.63, 3.8) is 0 Å². The topological polar surface area (TPSA) is 41.5 Å². The van der Waals surface area contributed by atoms with E-state index >= 15 is 0 Å². The number of hydrogen-bond acceptors (Lipinski definition) is 4. The summed E-state index contributed by atoms with van der Waals surface area (Å²) in [5, 5.41) is 14.2. The van der Waals surface area contributed by atoms with Crippen LogP contribution >= 0.6 is 11.8 Å². The van der Waals surface area contributed by atoms with Crippen molar-refractivity contribution in [3.05, 3.63) is 0 Å². The third kappa shape index (κ3) is 5.47. The lowest BCUT2D eigenvalue weighted by molar-refractivity contribution is 0.0307. The summed E-state index contributed by atoms with van der Waals surface area (Å²) in [5.41, 5.74) is 0. The van der Waals surface area contributed by atoms with Crippen molar-refractivity contribution in [3.8, 4) is 0 Å². The smallest absolute Gasteiger partial charge is 0.0897 e. The summed E-state index contributed by atoms with van der Waals surface area (Å²) >= 11 is 1.99. The molecule has 2 aliphatic carbocycles. The van der Waals surface area contributed by atoms with Crippen LogP contribution < -0.4 is 5.32 Å². The van der Waals surface area contributed by atoms with Gasteiger partial charge in [0.25, 0.3) is 0 Å². The third-order valence-electron chi connectivity index (χ3n) is 4.01. The van der Waals surface area contributed by atoms with Gasteiger partial charge >= 0.3 is 0 Å². The largest absolute Gasteiger partial charge is 0.389 e. The molecule has 3 nitrogen and oxygen atoms in total. The van der Waals surface area contributed by atoms with E-state index in [4.69, 9.17) is 4.74 Å². The Hall–Kier alpha value is 0.230. The predicted octanol–water partition coefficient (Wildman–Crippen LogP) is 2.04. The number of ether oxygens (including phenoxy) is 1. The average Bonchev–Trinajstić information content (AvgIpc) is 3.21. The van der Waals surface area contributed by atoms with Gasteiger partial charge in [-0.2, -0.15) is 11.8 Å². The molecule has 2 N–H and O–H groups in total. The van der Waals surface area contributed by atoms with Crippen molar-refractivity contribution >= 4 is 11.8 Å². The molecule has 0 aromatic heterocycles. The maximum Gasteiger partial charge on any atom is 0.0897 e. The highest BCUT2D eigenvalue weighted by atomic mass is 32.2. The van der Waals surface area contributed by atoms with Crippen LogP contribution in [0.15, 0.2) is 0 Å². The first-order valence-corrected chi connectivity index (χ1v) is 8.58. The van der Waals surface area contributed by atoms with E-state index in [1.807, 2.05) is 11.8 Å². The molecule has 0 aromatic carbocycles. The molecule has 1 atom stereocenters. The second kappa shape index (κ2) is 7.73. The van der Waals surface area contributed by atoms with Gasteiger partial charge < -0.3 is 15.2 Å². The summed E-state index contributed by atoms with van der Waals surface area (Å²) in [5.74, 6) is 0.784. The molecule has 0 saturated heterocycles. The average molecular weight is 273 g/mol. The van der Waals surface area contributed by atoms with Crippen molar-refractivity contribution in [2.24, 2.45) is 5.92 Å². The number of hydrogen-bond donors (Lipinski definition) is 2. The minimum absolute atomic E-state index is 0.345. The number of aliphatic hydroxyl groups excluding tert-OH is 1. The summed E-state index contributed by atoms with van der Waals surface area (Å²) in [7, 11) is 0. The third-order valence-corrected chi connectivity index (χ3v) is 5.15. The highest BCUT2D eigenvalue weighted by Crippen LogP contribution is 2.29. The molecule has 0 radical (unpaired) electrons. The fourth-order valence-corrected chi connectivity index (χ4v) is 3.26. The van der Waals surface area contributed by atoms with E-state index in [2.05, 4.69) is 11.6 Å². The lowest BCUT2D eigenvalue weighted by Gasteiger charge is -2.28. The van der Waals surface area contributed by atoms with Crippen molar-refractivity contribution in [1.82, 2.24) is 5.32 Å². The minimum atomic E-state index is -0.345. The Kier molecular flexibility index (Phi) is 6.29. The minimum Gasteiger partial charge on any atom is -0.389 e. The fourth-order valence-electron chi connectivity index (χ4n) is 2.52. The van der Waals surface area contributed by atoms with Gasteiger partial charge in [-0.25, -0.2) is 0 Å². The SMILES string of the molecule is CSC1CCC(NCC(O)COCC2CC2)CC1. The fraction of sp³-hybridized carbons (Fsp3) is 1.00. The van der Waals surface area contributed by atoms with Gasteiger partial charge in [-0.05, 0) is 50.7 Å². The van der Waals surface area contributed by atoms with Crippen LogP contribution in [0.4, 0.5) is 0 Å². The first kappa shape index (κ1) is 14.6. The van der Waals surface area contributed by atoms with E-state index in [1.165, 1.54) is 38.5 Å². The Bertz CT molecular complexity index is 228. The molecule has 0 amide bonds. The van der Waals surface area contributed by atoms with Gasteiger partial charge in [0.15, 0.2) is 0 Å². The number of aliphatic hydroxyl groups is 1. The van der Waals surface area contributed by atoms with E-state index in [-0.39, 0.29) is 6.10 Å². The van der Waals surface area contributed by atoms with Gasteiger partial charge in [0, 0.05) is 24.4 Å². The molecule has 2 aliphatic rings. The zero-order valence-electron chi connectivity index (χ0n) is 11.4. The van der Waals surface area contributed by atoms with Crippen LogP contribution in [0, 0.1) is 5.92 Å². The van der Waals surface area contributed by atoms with E-state index < -0.39 is 0 Å². The maximum atomic E-state index is 9.82. The molecular formula is C14H27NO2S. The monoisotopic (exact) mass is 273 g/mol. The molecule has 1 unspecified atom stereocenters. The molecule has 0 aromatic rings. The van der Waals surface area contributed by atoms with Crippen LogP contribution in [0.5, 0.6) is 0 Å². The van der Waals surface area contributed by atoms with Gasteiger partial charge in [0.1, 0.15) is 0 Å². The van der Waals surface area contributed by atoms with Crippen LogP contribution in [0.25, 0.3) is 0 Å². The number of nitrogens with one attached hydrogen (secondary N) is 1. The van der Waals surface area contributed by atoms with E-state index in [0.717, 1.165) is 17.8 Å². The quantitative estimate of drug-likeness (QED) is 0.710. The van der Waals surface area contributed by atoms with Crippen LogP contribution in [-0.4, -0.2) is 48.5 Å². The number of thioether (sulfide) groups is 1. The zero-order valence-corrected chi connectivity index (χ0v) is 12.3. The molecule has 4 heteroatoms. The highest BCUT2D eigenvalue weighted by molar-refractivity contribution is 7.99. The lowest BCUT2D eigenvalue weighted by atomic mass is 9.95. The van der Waals surface area contributed by atoms with Crippen molar-refractivity contribution in [1.29, 1.82) is 0 Å². The Morgan fingerprint density at radius 3 is 2.56 bits per heavy atom. The standard InChI is InChI=1S/C14H27NO2S/c1-18-14-6-4-12(5-7-14)15-8-13(16)10-17-9-11-2-3-11/h11-16H,2-10H2,1H3. The van der Waals surface area contributed by atoms with Crippen LogP contribution in [0.3, 0.4) is 0 Å². The molecule has 106 valence electrons. The molecule has 2 saturated carbocycles. The van der Waals surface area contributed by atoms with E-state index in [9.17, 15) is 5.11 Å².